The average Bonchev–Trinajstić information content (AvgIpc) is 2.50. The van der Waals surface area contributed by atoms with Crippen LogP contribution in [0.25, 0.3) is 0 Å². The first-order chi connectivity index (χ1) is 10.0. The Kier molecular flexibility index (Phi) is 5.76. The van der Waals surface area contributed by atoms with Crippen LogP contribution in [0.3, 0.4) is 0 Å². The van der Waals surface area contributed by atoms with Crippen LogP contribution >= 0.6 is 39.1 Å². The molecule has 3 nitrogen and oxygen atoms in total. The zero-order valence-electron chi connectivity index (χ0n) is 11.3. The minimum Gasteiger partial charge on any atom is -0.497 e. The van der Waals surface area contributed by atoms with E-state index in [0.29, 0.717) is 22.3 Å². The van der Waals surface area contributed by atoms with Crippen LogP contribution in [0, 0.1) is 0 Å². The molecule has 0 aliphatic heterocycles. The van der Waals surface area contributed by atoms with Crippen molar-refractivity contribution in [3.8, 4) is 11.5 Å². The molecule has 112 valence electrons. The fraction of sp³-hybridized carbons (Fsp3) is 0.200. The third-order valence-corrected chi connectivity index (χ3v) is 4.44. The largest absolute Gasteiger partial charge is 0.497 e. The lowest BCUT2D eigenvalue weighted by Gasteiger charge is -2.19. The second-order valence-electron chi connectivity index (χ2n) is 4.31. The summed E-state index contributed by atoms with van der Waals surface area (Å²) in [6, 6.07) is 10.9. The first-order valence-corrected chi connectivity index (χ1v) is 7.75. The van der Waals surface area contributed by atoms with E-state index in [2.05, 4.69) is 15.9 Å². The van der Waals surface area contributed by atoms with Crippen LogP contribution in [0.5, 0.6) is 11.5 Å². The molecule has 2 rings (SSSR count). The van der Waals surface area contributed by atoms with Crippen LogP contribution in [0.1, 0.15) is 11.7 Å². The zero-order chi connectivity index (χ0) is 15.4. The number of hydrogen-bond acceptors (Lipinski definition) is 3. The summed E-state index contributed by atoms with van der Waals surface area (Å²) in [4.78, 5) is 0. The summed E-state index contributed by atoms with van der Waals surface area (Å²) in [6.07, 6.45) is -0.314. The summed E-state index contributed by atoms with van der Waals surface area (Å²) in [5, 5.41) is 0.998. The molecule has 0 amide bonds. The number of nitrogens with two attached hydrogens (primary N) is 1. The Bertz CT molecular complexity index is 620. The van der Waals surface area contributed by atoms with Gasteiger partial charge >= 0.3 is 0 Å². The van der Waals surface area contributed by atoms with Gasteiger partial charge in [-0.05, 0) is 39.7 Å². The van der Waals surface area contributed by atoms with Crippen molar-refractivity contribution in [3.05, 3.63) is 56.5 Å². The van der Waals surface area contributed by atoms with Crippen molar-refractivity contribution in [2.75, 3.05) is 13.7 Å². The SMILES string of the molecule is COc1ccc(C(CN)Oc2cc(Cl)c(Br)cc2Cl)cc1. The van der Waals surface area contributed by atoms with Gasteiger partial charge in [-0.15, -0.1) is 0 Å². The van der Waals surface area contributed by atoms with Crippen molar-refractivity contribution in [2.45, 2.75) is 6.10 Å². The fourth-order valence-electron chi connectivity index (χ4n) is 1.82. The Balaban J connectivity index is 2.24. The molecule has 0 aliphatic rings. The maximum atomic E-state index is 6.16. The van der Waals surface area contributed by atoms with Crippen LogP contribution in [0.15, 0.2) is 40.9 Å². The molecular weight excluding hydrogens is 377 g/mol. The van der Waals surface area contributed by atoms with E-state index in [9.17, 15) is 0 Å². The normalized spacial score (nSPS) is 12.0. The highest BCUT2D eigenvalue weighted by molar-refractivity contribution is 9.10. The van der Waals surface area contributed by atoms with Crippen molar-refractivity contribution in [2.24, 2.45) is 5.73 Å². The lowest BCUT2D eigenvalue weighted by atomic mass is 10.1. The van der Waals surface area contributed by atoms with E-state index in [0.717, 1.165) is 15.8 Å². The van der Waals surface area contributed by atoms with Crippen LogP contribution in [-0.4, -0.2) is 13.7 Å². The smallest absolute Gasteiger partial charge is 0.140 e. The van der Waals surface area contributed by atoms with E-state index in [1.165, 1.54) is 0 Å². The first kappa shape index (κ1) is 16.4. The van der Waals surface area contributed by atoms with Gasteiger partial charge in [0.2, 0.25) is 0 Å². The molecule has 6 heteroatoms. The second kappa shape index (κ2) is 7.36. The van der Waals surface area contributed by atoms with Gasteiger partial charge in [-0.25, -0.2) is 0 Å². The summed E-state index contributed by atoms with van der Waals surface area (Å²) in [7, 11) is 1.62. The van der Waals surface area contributed by atoms with Crippen LogP contribution in [-0.2, 0) is 0 Å². The van der Waals surface area contributed by atoms with Gasteiger partial charge in [-0.3, -0.25) is 0 Å². The molecule has 0 saturated carbocycles. The van der Waals surface area contributed by atoms with Crippen LogP contribution in [0.2, 0.25) is 10.0 Å². The minimum atomic E-state index is -0.314. The van der Waals surface area contributed by atoms with E-state index >= 15 is 0 Å². The van der Waals surface area contributed by atoms with Gasteiger partial charge in [0.25, 0.3) is 0 Å². The van der Waals surface area contributed by atoms with Crippen molar-refractivity contribution < 1.29 is 9.47 Å². The van der Waals surface area contributed by atoms with E-state index < -0.39 is 0 Å². The molecule has 0 fully saturated rings. The van der Waals surface area contributed by atoms with E-state index in [-0.39, 0.29) is 6.10 Å². The van der Waals surface area contributed by atoms with Gasteiger partial charge in [-0.2, -0.15) is 0 Å². The molecule has 21 heavy (non-hydrogen) atoms. The van der Waals surface area contributed by atoms with Gasteiger partial charge in [0.1, 0.15) is 17.6 Å². The van der Waals surface area contributed by atoms with E-state index in [4.69, 9.17) is 38.4 Å². The molecule has 1 unspecified atom stereocenters. The second-order valence-corrected chi connectivity index (χ2v) is 5.98. The number of ether oxygens (including phenoxy) is 2. The molecule has 0 heterocycles. The Morgan fingerprint density at radius 1 is 1.14 bits per heavy atom. The quantitative estimate of drug-likeness (QED) is 0.742. The van der Waals surface area contributed by atoms with E-state index in [1.807, 2.05) is 24.3 Å². The Hall–Kier alpha value is -0.940. The summed E-state index contributed by atoms with van der Waals surface area (Å²) >= 11 is 15.5. The highest BCUT2D eigenvalue weighted by Gasteiger charge is 2.15. The van der Waals surface area contributed by atoms with Gasteiger partial charge in [0.15, 0.2) is 0 Å². The Labute approximate surface area is 142 Å². The number of hydrogen-bond donors (Lipinski definition) is 1. The number of rotatable bonds is 5. The van der Waals surface area contributed by atoms with Crippen molar-refractivity contribution in [1.82, 2.24) is 0 Å². The van der Waals surface area contributed by atoms with Gasteiger partial charge in [0, 0.05) is 17.1 Å². The molecule has 0 spiro atoms. The third-order valence-electron chi connectivity index (χ3n) is 2.95. The Morgan fingerprint density at radius 2 is 1.81 bits per heavy atom. The predicted molar refractivity (Wildman–Crippen MR) is 89.6 cm³/mol. The van der Waals surface area contributed by atoms with Crippen molar-refractivity contribution in [1.29, 1.82) is 0 Å². The molecule has 0 radical (unpaired) electrons. The van der Waals surface area contributed by atoms with Crippen molar-refractivity contribution in [3.63, 3.8) is 0 Å². The molecule has 1 atom stereocenters. The van der Waals surface area contributed by atoms with Gasteiger partial charge in [-0.1, -0.05) is 35.3 Å². The first-order valence-electron chi connectivity index (χ1n) is 6.20. The highest BCUT2D eigenvalue weighted by Crippen LogP contribution is 2.36. The summed E-state index contributed by atoms with van der Waals surface area (Å²) in [5.74, 6) is 1.27. The fourth-order valence-corrected chi connectivity index (χ4v) is 2.66. The molecule has 0 aliphatic carbocycles. The molecular formula is C15H14BrCl2NO2. The van der Waals surface area contributed by atoms with E-state index in [1.54, 1.807) is 19.2 Å². The highest BCUT2D eigenvalue weighted by atomic mass is 79.9. The van der Waals surface area contributed by atoms with Gasteiger partial charge < -0.3 is 15.2 Å². The minimum absolute atomic E-state index is 0.314. The summed E-state index contributed by atoms with van der Waals surface area (Å²) in [5.41, 5.74) is 6.74. The van der Waals surface area contributed by atoms with Gasteiger partial charge in [0.05, 0.1) is 17.2 Å². The topological polar surface area (TPSA) is 44.5 Å². The van der Waals surface area contributed by atoms with Crippen LogP contribution < -0.4 is 15.2 Å². The van der Waals surface area contributed by atoms with Crippen molar-refractivity contribution >= 4 is 39.1 Å². The summed E-state index contributed by atoms with van der Waals surface area (Å²) < 4.78 is 11.7. The lowest BCUT2D eigenvalue weighted by molar-refractivity contribution is 0.214. The average molecular weight is 391 g/mol. The third kappa shape index (κ3) is 4.04. The molecule has 2 aromatic carbocycles. The number of benzene rings is 2. The number of methoxy groups -OCH3 is 1. The van der Waals surface area contributed by atoms with Crippen LogP contribution in [0.4, 0.5) is 0 Å². The standard InChI is InChI=1S/C15H14BrCl2NO2/c1-20-10-4-2-9(3-5-10)15(8-19)21-14-7-12(17)11(16)6-13(14)18/h2-7,15H,8,19H2,1H3. The summed E-state index contributed by atoms with van der Waals surface area (Å²) in [6.45, 7) is 0.316. The monoisotopic (exact) mass is 389 g/mol. The lowest BCUT2D eigenvalue weighted by Crippen LogP contribution is -2.18. The molecule has 0 aromatic heterocycles. The molecule has 0 bridgehead atoms. The maximum Gasteiger partial charge on any atom is 0.140 e. The molecule has 2 N–H and O–H groups in total. The predicted octanol–water partition coefficient (Wildman–Crippen LogP) is 4.84. The molecule has 2 aromatic rings. The molecule has 0 saturated heterocycles. The zero-order valence-corrected chi connectivity index (χ0v) is 14.4. The number of halogens is 3. The Morgan fingerprint density at radius 3 is 2.38 bits per heavy atom. The maximum absolute atomic E-state index is 6.16.